The van der Waals surface area contributed by atoms with E-state index in [4.69, 9.17) is 10.5 Å². The summed E-state index contributed by atoms with van der Waals surface area (Å²) in [5.41, 5.74) is 5.68. The first-order chi connectivity index (χ1) is 7.06. The maximum Gasteiger partial charge on any atom is 0.179 e. The molecule has 1 aromatic rings. The summed E-state index contributed by atoms with van der Waals surface area (Å²) in [6, 6.07) is 3.48. The van der Waals surface area contributed by atoms with Gasteiger partial charge < -0.3 is 10.5 Å². The van der Waals surface area contributed by atoms with Crippen LogP contribution in [0.25, 0.3) is 0 Å². The molecular weight excluding hydrogens is 197 g/mol. The number of hydrogen-bond acceptors (Lipinski definition) is 3. The summed E-state index contributed by atoms with van der Waals surface area (Å²) in [6.07, 6.45) is 0. The zero-order valence-electron chi connectivity index (χ0n) is 8.79. The van der Waals surface area contributed by atoms with Crippen LogP contribution in [0, 0.1) is 5.82 Å². The molecule has 2 N–H and O–H groups in total. The molecule has 0 amide bonds. The van der Waals surface area contributed by atoms with Gasteiger partial charge in [-0.2, -0.15) is 0 Å². The summed E-state index contributed by atoms with van der Waals surface area (Å²) in [6.45, 7) is 3.72. The molecule has 0 fully saturated rings. The second-order valence-corrected chi connectivity index (χ2v) is 3.23. The zero-order chi connectivity index (χ0) is 11.4. The fraction of sp³-hybridized carbons (Fsp3) is 0.364. The molecule has 0 aliphatic carbocycles. The molecule has 0 heterocycles. The molecule has 3 nitrogen and oxygen atoms in total. The third-order valence-corrected chi connectivity index (χ3v) is 1.93. The minimum absolute atomic E-state index is 0.152. The Hall–Kier alpha value is -1.42. The lowest BCUT2D eigenvalue weighted by atomic mass is 10.1. The molecule has 82 valence electrons. The van der Waals surface area contributed by atoms with Crippen LogP contribution in [0.5, 0.6) is 5.75 Å². The summed E-state index contributed by atoms with van der Waals surface area (Å²) in [4.78, 5) is 11.4. The van der Waals surface area contributed by atoms with Gasteiger partial charge in [0.1, 0.15) is 0 Å². The van der Waals surface area contributed by atoms with Crippen LogP contribution in [-0.2, 0) is 0 Å². The van der Waals surface area contributed by atoms with Gasteiger partial charge in [-0.15, -0.1) is 0 Å². The van der Waals surface area contributed by atoms with Crippen molar-refractivity contribution in [3.63, 3.8) is 0 Å². The van der Waals surface area contributed by atoms with Gasteiger partial charge in [-0.3, -0.25) is 4.79 Å². The lowest BCUT2D eigenvalue weighted by Crippen LogP contribution is -2.26. The number of ether oxygens (including phenoxy) is 1. The summed E-state index contributed by atoms with van der Waals surface area (Å²) >= 11 is 0. The Balaban J connectivity index is 2.96. The molecule has 0 bridgehead atoms. The van der Waals surface area contributed by atoms with E-state index in [1.807, 2.05) is 0 Å². The molecule has 0 aromatic heterocycles. The number of ketones is 1. The molecule has 0 radical (unpaired) electrons. The summed E-state index contributed by atoms with van der Waals surface area (Å²) in [7, 11) is 0. The smallest absolute Gasteiger partial charge is 0.179 e. The van der Waals surface area contributed by atoms with Gasteiger partial charge in [0, 0.05) is 5.56 Å². The number of carbonyl (C=O) groups excluding carboxylic acids is 1. The quantitative estimate of drug-likeness (QED) is 0.772. The van der Waals surface area contributed by atoms with Crippen molar-refractivity contribution < 1.29 is 13.9 Å². The van der Waals surface area contributed by atoms with Crippen molar-refractivity contribution in [3.05, 3.63) is 29.6 Å². The van der Waals surface area contributed by atoms with Crippen LogP contribution in [-0.4, -0.2) is 18.4 Å². The minimum atomic E-state index is -0.623. The Kier molecular flexibility index (Phi) is 3.80. The molecule has 0 saturated carbocycles. The fourth-order valence-electron chi connectivity index (χ4n) is 1.19. The number of rotatable bonds is 4. The SMILES string of the molecule is CCOc1ccc(C(=O)C(C)N)cc1F. The Labute approximate surface area is 88.0 Å². The van der Waals surface area contributed by atoms with E-state index in [1.165, 1.54) is 12.1 Å². The average Bonchev–Trinajstić information content (AvgIpc) is 2.20. The van der Waals surface area contributed by atoms with Gasteiger partial charge in [0.15, 0.2) is 17.3 Å². The van der Waals surface area contributed by atoms with Gasteiger partial charge in [-0.25, -0.2) is 4.39 Å². The Bertz CT molecular complexity index is 364. The highest BCUT2D eigenvalue weighted by Gasteiger charge is 2.13. The van der Waals surface area contributed by atoms with E-state index in [-0.39, 0.29) is 17.1 Å². The van der Waals surface area contributed by atoms with Crippen molar-refractivity contribution in [1.82, 2.24) is 0 Å². The highest BCUT2D eigenvalue weighted by atomic mass is 19.1. The molecule has 15 heavy (non-hydrogen) atoms. The first-order valence-electron chi connectivity index (χ1n) is 4.78. The second-order valence-electron chi connectivity index (χ2n) is 3.23. The summed E-state index contributed by atoms with van der Waals surface area (Å²) in [5, 5.41) is 0. The Morgan fingerprint density at radius 2 is 2.27 bits per heavy atom. The Morgan fingerprint density at radius 1 is 1.60 bits per heavy atom. The standard InChI is InChI=1S/C11H14FNO2/c1-3-15-10-5-4-8(6-9(10)12)11(14)7(2)13/h4-7H,3,13H2,1-2H3. The highest BCUT2D eigenvalue weighted by molar-refractivity contribution is 5.99. The molecule has 0 saturated heterocycles. The van der Waals surface area contributed by atoms with E-state index >= 15 is 0 Å². The van der Waals surface area contributed by atoms with Crippen molar-refractivity contribution in [3.8, 4) is 5.75 Å². The van der Waals surface area contributed by atoms with Gasteiger partial charge in [-0.05, 0) is 32.0 Å². The molecule has 1 rings (SSSR count). The number of Topliss-reactive ketones (excluding diaryl/α,β-unsaturated/α-hetero) is 1. The van der Waals surface area contributed by atoms with E-state index in [9.17, 15) is 9.18 Å². The maximum absolute atomic E-state index is 13.3. The first kappa shape index (κ1) is 11.7. The van der Waals surface area contributed by atoms with Gasteiger partial charge in [0.25, 0.3) is 0 Å². The molecule has 4 heteroatoms. The van der Waals surface area contributed by atoms with Gasteiger partial charge in [0.05, 0.1) is 12.6 Å². The molecule has 1 aromatic carbocycles. The number of halogens is 1. The van der Waals surface area contributed by atoms with Crippen molar-refractivity contribution in [2.24, 2.45) is 5.73 Å². The van der Waals surface area contributed by atoms with Crippen LogP contribution in [0.15, 0.2) is 18.2 Å². The zero-order valence-corrected chi connectivity index (χ0v) is 8.79. The lowest BCUT2D eigenvalue weighted by molar-refractivity contribution is 0.0967. The molecule has 1 atom stereocenters. The predicted molar refractivity (Wildman–Crippen MR) is 55.5 cm³/mol. The van der Waals surface area contributed by atoms with Crippen molar-refractivity contribution in [2.45, 2.75) is 19.9 Å². The monoisotopic (exact) mass is 211 g/mol. The lowest BCUT2D eigenvalue weighted by Gasteiger charge is -2.07. The van der Waals surface area contributed by atoms with Crippen LogP contribution >= 0.6 is 0 Å². The molecule has 0 aliphatic heterocycles. The number of nitrogens with two attached hydrogens (primary N) is 1. The maximum atomic E-state index is 13.3. The molecule has 1 unspecified atom stereocenters. The Morgan fingerprint density at radius 3 is 2.73 bits per heavy atom. The molecule has 0 aliphatic rings. The third kappa shape index (κ3) is 2.76. The number of carbonyl (C=O) groups is 1. The predicted octanol–water partition coefficient (Wildman–Crippen LogP) is 1.75. The number of benzene rings is 1. The summed E-state index contributed by atoms with van der Waals surface area (Å²) < 4.78 is 18.4. The molecular formula is C11H14FNO2. The van der Waals surface area contributed by atoms with Crippen LogP contribution in [0.1, 0.15) is 24.2 Å². The van der Waals surface area contributed by atoms with E-state index in [0.717, 1.165) is 6.07 Å². The topological polar surface area (TPSA) is 52.3 Å². The van der Waals surface area contributed by atoms with E-state index in [0.29, 0.717) is 6.61 Å². The average molecular weight is 211 g/mol. The normalized spacial score (nSPS) is 12.3. The van der Waals surface area contributed by atoms with Crippen molar-refractivity contribution in [2.75, 3.05) is 6.61 Å². The van der Waals surface area contributed by atoms with E-state index in [1.54, 1.807) is 13.8 Å². The summed E-state index contributed by atoms with van der Waals surface area (Å²) in [5.74, 6) is -0.668. The minimum Gasteiger partial charge on any atom is -0.491 e. The van der Waals surface area contributed by atoms with E-state index in [2.05, 4.69) is 0 Å². The van der Waals surface area contributed by atoms with Crippen LogP contribution in [0.2, 0.25) is 0 Å². The third-order valence-electron chi connectivity index (χ3n) is 1.93. The van der Waals surface area contributed by atoms with Crippen LogP contribution in [0.3, 0.4) is 0 Å². The fourth-order valence-corrected chi connectivity index (χ4v) is 1.19. The van der Waals surface area contributed by atoms with Gasteiger partial charge in [-0.1, -0.05) is 0 Å². The van der Waals surface area contributed by atoms with E-state index < -0.39 is 11.9 Å². The largest absolute Gasteiger partial charge is 0.491 e. The van der Waals surface area contributed by atoms with Crippen LogP contribution in [0.4, 0.5) is 4.39 Å². The van der Waals surface area contributed by atoms with Crippen molar-refractivity contribution in [1.29, 1.82) is 0 Å². The van der Waals surface area contributed by atoms with Crippen molar-refractivity contribution >= 4 is 5.78 Å². The van der Waals surface area contributed by atoms with Crippen LogP contribution < -0.4 is 10.5 Å². The van der Waals surface area contributed by atoms with Gasteiger partial charge in [0.2, 0.25) is 0 Å². The molecule has 0 spiro atoms. The second kappa shape index (κ2) is 4.89. The number of hydrogen-bond donors (Lipinski definition) is 1. The van der Waals surface area contributed by atoms with Gasteiger partial charge >= 0.3 is 0 Å². The highest BCUT2D eigenvalue weighted by Crippen LogP contribution is 2.18. The first-order valence-corrected chi connectivity index (χ1v) is 4.78.